The van der Waals surface area contributed by atoms with Crippen LogP contribution in [0.1, 0.15) is 66.2 Å². The number of piperidine rings is 1. The van der Waals surface area contributed by atoms with Crippen molar-refractivity contribution in [2.75, 3.05) is 28.2 Å². The summed E-state index contributed by atoms with van der Waals surface area (Å²) in [6.45, 7) is 2.66. The number of anilines is 3. The summed E-state index contributed by atoms with van der Waals surface area (Å²) >= 11 is 0. The molecule has 288 valence electrons. The van der Waals surface area contributed by atoms with Gasteiger partial charge >= 0.3 is 6.01 Å². The lowest BCUT2D eigenvalue weighted by molar-refractivity contribution is -0.136. The molecule has 3 fully saturated rings. The van der Waals surface area contributed by atoms with Crippen LogP contribution in [0.25, 0.3) is 22.0 Å². The van der Waals surface area contributed by atoms with Crippen molar-refractivity contribution in [3.8, 4) is 17.1 Å². The predicted octanol–water partition coefficient (Wildman–Crippen LogP) is 4.53. The van der Waals surface area contributed by atoms with Crippen molar-refractivity contribution in [2.24, 2.45) is 0 Å². The first-order valence-corrected chi connectivity index (χ1v) is 19.2. The molecule has 15 nitrogen and oxygen atoms in total. The predicted molar refractivity (Wildman–Crippen MR) is 210 cm³/mol. The van der Waals surface area contributed by atoms with Gasteiger partial charge in [-0.05, 0) is 74.1 Å². The lowest BCUT2D eigenvalue weighted by Gasteiger charge is -2.40. The van der Waals surface area contributed by atoms with Gasteiger partial charge in [0, 0.05) is 66.3 Å². The lowest BCUT2D eigenvalue weighted by atomic mass is 9.89. The van der Waals surface area contributed by atoms with Gasteiger partial charge < -0.3 is 19.9 Å². The molecule has 5 heterocycles. The molecule has 0 radical (unpaired) electrons. The second-order valence-electron chi connectivity index (χ2n) is 14.9. The number of nitrogens with zero attached hydrogens (tertiary/aromatic N) is 7. The zero-order valence-corrected chi connectivity index (χ0v) is 31.1. The number of hydrogen-bond donors (Lipinski definition) is 2. The molecule has 1 saturated carbocycles. The van der Waals surface area contributed by atoms with Gasteiger partial charge in [-0.1, -0.05) is 30.3 Å². The number of para-hydroxylation sites is 1. The average Bonchev–Trinajstić information content (AvgIpc) is 3.45. The third-order valence-electron chi connectivity index (χ3n) is 11.2. The maximum atomic E-state index is 13.2. The summed E-state index contributed by atoms with van der Waals surface area (Å²) in [6, 6.07) is 20.4. The number of rotatable bonds is 9. The van der Waals surface area contributed by atoms with Crippen molar-refractivity contribution in [3.05, 3.63) is 96.4 Å². The smallest absolute Gasteiger partial charge is 0.316 e. The Morgan fingerprint density at radius 1 is 0.825 bits per heavy atom. The van der Waals surface area contributed by atoms with E-state index in [0.717, 1.165) is 64.0 Å². The van der Waals surface area contributed by atoms with Gasteiger partial charge in [0.2, 0.25) is 23.7 Å². The van der Waals surface area contributed by atoms with Crippen molar-refractivity contribution in [1.82, 2.24) is 30.2 Å². The van der Waals surface area contributed by atoms with Crippen LogP contribution in [0, 0.1) is 0 Å². The zero-order valence-electron chi connectivity index (χ0n) is 31.1. The molecule has 5 aromatic rings. The highest BCUT2D eigenvalue weighted by Crippen LogP contribution is 2.34. The Hall–Kier alpha value is -6.77. The first-order chi connectivity index (χ1) is 27.7. The van der Waals surface area contributed by atoms with E-state index in [1.807, 2.05) is 64.5 Å². The molecule has 2 N–H and O–H groups in total. The van der Waals surface area contributed by atoms with Gasteiger partial charge in [-0.15, -0.1) is 0 Å². The normalized spacial score (nSPS) is 20.9. The SMILES string of the molecule is CC(=O)N(c1ccc(-c2cnc(OC3CN(c4ccc5c(c4)C(=O)N(C4CCC(=O)NC4=O)C5=O)C3)nc2)cc1)C1CCC(Nc2ncc3ccccc3n2)CC1. The molecule has 1 aliphatic carbocycles. The van der Waals surface area contributed by atoms with Crippen molar-refractivity contribution < 1.29 is 28.7 Å². The minimum Gasteiger partial charge on any atom is -0.456 e. The molecule has 57 heavy (non-hydrogen) atoms. The van der Waals surface area contributed by atoms with Gasteiger partial charge in [0.05, 0.1) is 29.7 Å². The van der Waals surface area contributed by atoms with E-state index in [4.69, 9.17) is 4.74 Å². The van der Waals surface area contributed by atoms with Crippen LogP contribution in [0.15, 0.2) is 85.3 Å². The molecule has 15 heteroatoms. The number of aromatic nitrogens is 4. The second-order valence-corrected chi connectivity index (χ2v) is 14.9. The van der Waals surface area contributed by atoms with E-state index in [1.54, 1.807) is 37.5 Å². The molecule has 5 amide bonds. The summed E-state index contributed by atoms with van der Waals surface area (Å²) in [5, 5.41) is 6.71. The summed E-state index contributed by atoms with van der Waals surface area (Å²) in [5.74, 6) is -1.49. The fraction of sp³-hybridized carbons (Fsp3) is 0.310. The van der Waals surface area contributed by atoms with Gasteiger partial charge in [0.15, 0.2) is 0 Å². The molecule has 1 atom stereocenters. The third-order valence-corrected chi connectivity index (χ3v) is 11.2. The molecule has 3 aliphatic heterocycles. The first-order valence-electron chi connectivity index (χ1n) is 19.2. The Kier molecular flexibility index (Phi) is 9.27. The Bertz CT molecular complexity index is 2410. The van der Waals surface area contributed by atoms with Crippen molar-refractivity contribution in [1.29, 1.82) is 0 Å². The van der Waals surface area contributed by atoms with E-state index >= 15 is 0 Å². The summed E-state index contributed by atoms with van der Waals surface area (Å²) < 4.78 is 6.02. The van der Waals surface area contributed by atoms with Gasteiger partial charge in [-0.3, -0.25) is 34.2 Å². The average molecular weight is 766 g/mol. The fourth-order valence-corrected chi connectivity index (χ4v) is 8.22. The van der Waals surface area contributed by atoms with E-state index in [1.165, 1.54) is 0 Å². The van der Waals surface area contributed by atoms with Gasteiger partial charge in [0.1, 0.15) is 12.1 Å². The molecule has 0 bridgehead atoms. The highest BCUT2D eigenvalue weighted by molar-refractivity contribution is 6.23. The van der Waals surface area contributed by atoms with Crippen molar-refractivity contribution >= 4 is 57.8 Å². The van der Waals surface area contributed by atoms with Gasteiger partial charge in [0.25, 0.3) is 11.8 Å². The Labute approximate surface area is 327 Å². The minimum atomic E-state index is -1.01. The number of carbonyl (C=O) groups excluding carboxylic acids is 5. The number of amides is 5. The number of benzene rings is 3. The molecule has 4 aliphatic rings. The quantitative estimate of drug-likeness (QED) is 0.201. The van der Waals surface area contributed by atoms with Crippen LogP contribution >= 0.6 is 0 Å². The highest BCUT2D eigenvalue weighted by Gasteiger charge is 2.45. The second kappa shape index (κ2) is 14.7. The molecule has 2 aromatic heterocycles. The number of nitrogens with one attached hydrogen (secondary N) is 2. The number of ether oxygens (including phenoxy) is 1. The number of fused-ring (bicyclic) bond motifs is 2. The monoisotopic (exact) mass is 765 g/mol. The van der Waals surface area contributed by atoms with Crippen LogP contribution in [0.3, 0.4) is 0 Å². The fourth-order valence-electron chi connectivity index (χ4n) is 8.22. The van der Waals surface area contributed by atoms with E-state index in [-0.39, 0.29) is 54.1 Å². The van der Waals surface area contributed by atoms with Crippen LogP contribution in [0.5, 0.6) is 6.01 Å². The Balaban J connectivity index is 0.773. The number of imide groups is 2. The van der Waals surface area contributed by atoms with Crippen LogP contribution < -0.4 is 25.2 Å². The standard InChI is InChI=1S/C42H39N9O6/c1-24(52)50(30-12-8-28(9-13-30)46-41-43-19-26-4-2-3-5-35(26)47-41)29-10-6-25(7-11-29)27-20-44-42(45-21-27)57-32-22-49(23-32)31-14-15-33-34(18-31)40(56)51(39(33)55)36-16-17-37(53)48-38(36)54/h2-7,10-11,14-15,18-21,28,30,32,36H,8-9,12-13,16-17,22-23H2,1H3,(H,43,46,47)(H,48,53,54). The molecule has 2 saturated heterocycles. The van der Waals surface area contributed by atoms with E-state index in [9.17, 15) is 24.0 Å². The molecule has 1 unspecified atom stereocenters. The summed E-state index contributed by atoms with van der Waals surface area (Å²) in [7, 11) is 0. The van der Waals surface area contributed by atoms with E-state index in [2.05, 4.69) is 30.6 Å². The number of carbonyl (C=O) groups is 5. The summed E-state index contributed by atoms with van der Waals surface area (Å²) in [6.07, 6.45) is 8.77. The zero-order chi connectivity index (χ0) is 39.2. The van der Waals surface area contributed by atoms with Crippen molar-refractivity contribution in [3.63, 3.8) is 0 Å². The van der Waals surface area contributed by atoms with Crippen LogP contribution in [0.2, 0.25) is 0 Å². The van der Waals surface area contributed by atoms with Crippen molar-refractivity contribution in [2.45, 2.75) is 69.7 Å². The maximum absolute atomic E-state index is 13.2. The van der Waals surface area contributed by atoms with Gasteiger partial charge in [-0.2, -0.15) is 0 Å². The molecular weight excluding hydrogens is 727 g/mol. The van der Waals surface area contributed by atoms with Crippen LogP contribution in [0.4, 0.5) is 17.3 Å². The Morgan fingerprint density at radius 2 is 1.56 bits per heavy atom. The van der Waals surface area contributed by atoms with Gasteiger partial charge in [-0.25, -0.2) is 19.9 Å². The molecule has 0 spiro atoms. The lowest BCUT2D eigenvalue weighted by Crippen LogP contribution is -2.54. The molecule has 3 aromatic carbocycles. The van der Waals surface area contributed by atoms with Crippen LogP contribution in [-0.4, -0.2) is 91.7 Å². The maximum Gasteiger partial charge on any atom is 0.316 e. The highest BCUT2D eigenvalue weighted by atomic mass is 16.5. The summed E-state index contributed by atoms with van der Waals surface area (Å²) in [4.78, 5) is 86.1. The minimum absolute atomic E-state index is 0.00704. The first kappa shape index (κ1) is 35.9. The third kappa shape index (κ3) is 7.00. The molecular formula is C42H39N9O6. The van der Waals surface area contributed by atoms with E-state index in [0.29, 0.717) is 19.0 Å². The molecule has 9 rings (SSSR count). The topological polar surface area (TPSA) is 180 Å². The van der Waals surface area contributed by atoms with E-state index < -0.39 is 29.7 Å². The van der Waals surface area contributed by atoms with Crippen LogP contribution in [-0.2, 0) is 14.4 Å². The number of hydrogen-bond acceptors (Lipinski definition) is 12. The largest absolute Gasteiger partial charge is 0.456 e. The Morgan fingerprint density at radius 3 is 2.30 bits per heavy atom. The summed E-state index contributed by atoms with van der Waals surface area (Å²) in [5.41, 5.74) is 4.70.